The lowest BCUT2D eigenvalue weighted by Gasteiger charge is -2.33. The first-order valence-electron chi connectivity index (χ1n) is 11.8. The molecule has 0 spiro atoms. The quantitative estimate of drug-likeness (QED) is 0.447. The summed E-state index contributed by atoms with van der Waals surface area (Å²) in [5, 5.41) is 0.468. The fourth-order valence-corrected chi connectivity index (χ4v) is 5.63. The Hall–Kier alpha value is -3.39. The minimum absolute atomic E-state index is 0.0784. The van der Waals surface area contributed by atoms with Crippen molar-refractivity contribution >= 4 is 45.8 Å². The summed E-state index contributed by atoms with van der Waals surface area (Å²) in [5.41, 5.74) is 1.94. The van der Waals surface area contributed by atoms with Crippen LogP contribution in [0.25, 0.3) is 17.0 Å². The van der Waals surface area contributed by atoms with Gasteiger partial charge in [-0.15, -0.1) is 0 Å². The van der Waals surface area contributed by atoms with Gasteiger partial charge >= 0.3 is 0 Å². The van der Waals surface area contributed by atoms with Crippen molar-refractivity contribution in [1.82, 2.24) is 14.4 Å². The monoisotopic (exact) mass is 491 g/mol. The minimum Gasteiger partial charge on any atom is -0.338 e. The highest BCUT2D eigenvalue weighted by Gasteiger charge is 2.35. The Bertz CT molecular complexity index is 1350. The second kappa shape index (κ2) is 9.70. The maximum absolute atomic E-state index is 14.1. The summed E-state index contributed by atoms with van der Waals surface area (Å²) in [6.07, 6.45) is 6.75. The first-order chi connectivity index (χ1) is 16.9. The number of imide groups is 1. The van der Waals surface area contributed by atoms with E-state index < -0.39 is 17.0 Å². The van der Waals surface area contributed by atoms with E-state index in [4.69, 9.17) is 0 Å². The van der Waals surface area contributed by atoms with Gasteiger partial charge in [0.2, 0.25) is 5.91 Å². The Kier molecular flexibility index (Phi) is 6.47. The third-order valence-corrected chi connectivity index (χ3v) is 7.60. The van der Waals surface area contributed by atoms with E-state index in [2.05, 4.69) is 6.92 Å². The molecule has 2 aliphatic heterocycles. The van der Waals surface area contributed by atoms with Crippen LogP contribution in [0, 0.1) is 5.82 Å². The number of piperidine rings is 1. The highest BCUT2D eigenvalue weighted by molar-refractivity contribution is 8.18. The molecule has 0 radical (unpaired) electrons. The van der Waals surface area contributed by atoms with Crippen LogP contribution in [0.5, 0.6) is 0 Å². The molecule has 1 aromatic heterocycles. The Morgan fingerprint density at radius 2 is 1.89 bits per heavy atom. The van der Waals surface area contributed by atoms with Gasteiger partial charge in [-0.2, -0.15) is 0 Å². The Morgan fingerprint density at radius 1 is 1.11 bits per heavy atom. The van der Waals surface area contributed by atoms with Crippen LogP contribution in [0.1, 0.15) is 37.3 Å². The van der Waals surface area contributed by atoms with E-state index in [1.54, 1.807) is 24.3 Å². The van der Waals surface area contributed by atoms with Gasteiger partial charge in [-0.25, -0.2) is 4.39 Å². The van der Waals surface area contributed by atoms with Gasteiger partial charge in [0.05, 0.1) is 11.4 Å². The van der Waals surface area contributed by atoms with Gasteiger partial charge in [0, 0.05) is 40.8 Å². The van der Waals surface area contributed by atoms with Gasteiger partial charge in [-0.1, -0.05) is 36.4 Å². The van der Waals surface area contributed by atoms with Crippen LogP contribution in [0.2, 0.25) is 0 Å². The van der Waals surface area contributed by atoms with E-state index in [0.29, 0.717) is 0 Å². The van der Waals surface area contributed by atoms with E-state index in [1.165, 1.54) is 6.07 Å². The van der Waals surface area contributed by atoms with E-state index in [-0.39, 0.29) is 35.5 Å². The number of rotatable bonds is 5. The normalized spacial score (nSPS) is 19.8. The number of benzene rings is 2. The van der Waals surface area contributed by atoms with Gasteiger partial charge in [0.1, 0.15) is 12.4 Å². The van der Waals surface area contributed by atoms with Crippen LogP contribution >= 0.6 is 11.8 Å². The number of thioether (sulfide) groups is 1. The summed E-state index contributed by atoms with van der Waals surface area (Å²) in [7, 11) is 0. The summed E-state index contributed by atoms with van der Waals surface area (Å²) in [6, 6.07) is 14.1. The smallest absolute Gasteiger partial charge is 0.293 e. The number of carbonyl (C=O) groups is 3. The lowest BCUT2D eigenvalue weighted by atomic mass is 10.0. The Balaban J connectivity index is 1.42. The average molecular weight is 492 g/mol. The van der Waals surface area contributed by atoms with Crippen molar-refractivity contribution in [2.45, 2.75) is 45.3 Å². The zero-order valence-electron chi connectivity index (χ0n) is 19.4. The molecule has 35 heavy (non-hydrogen) atoms. The molecule has 5 rings (SSSR count). The second-order valence-corrected chi connectivity index (χ2v) is 10.0. The molecule has 3 amide bonds. The fourth-order valence-electron chi connectivity index (χ4n) is 4.80. The van der Waals surface area contributed by atoms with Crippen molar-refractivity contribution in [3.63, 3.8) is 0 Å². The van der Waals surface area contributed by atoms with Gasteiger partial charge < -0.3 is 9.47 Å². The Labute approximate surface area is 207 Å². The molecule has 0 bridgehead atoms. The maximum Gasteiger partial charge on any atom is 0.293 e. The summed E-state index contributed by atoms with van der Waals surface area (Å²) in [5.74, 6) is -0.820. The van der Waals surface area contributed by atoms with Crippen molar-refractivity contribution in [3.05, 3.63) is 76.6 Å². The first kappa shape index (κ1) is 23.4. The zero-order chi connectivity index (χ0) is 24.5. The summed E-state index contributed by atoms with van der Waals surface area (Å²) < 4.78 is 16.0. The van der Waals surface area contributed by atoms with Gasteiger partial charge in [0.25, 0.3) is 11.1 Å². The van der Waals surface area contributed by atoms with Crippen LogP contribution < -0.4 is 0 Å². The highest BCUT2D eigenvalue weighted by Crippen LogP contribution is 2.35. The number of fused-ring (bicyclic) bond motifs is 1. The molecule has 2 fully saturated rings. The minimum atomic E-state index is -0.453. The molecule has 2 aliphatic rings. The first-order valence-corrected chi connectivity index (χ1v) is 12.6. The van der Waals surface area contributed by atoms with Crippen molar-refractivity contribution in [3.8, 4) is 0 Å². The fraction of sp³-hybridized carbons (Fsp3) is 0.296. The number of hydrogen-bond donors (Lipinski definition) is 0. The van der Waals surface area contributed by atoms with Crippen molar-refractivity contribution in [2.75, 3.05) is 6.54 Å². The molecule has 0 N–H and O–H groups in total. The predicted octanol–water partition coefficient (Wildman–Crippen LogP) is 5.42. The predicted molar refractivity (Wildman–Crippen MR) is 135 cm³/mol. The third kappa shape index (κ3) is 4.62. The molecular weight excluding hydrogens is 465 g/mol. The second-order valence-electron chi connectivity index (χ2n) is 9.02. The number of aromatic nitrogens is 1. The van der Waals surface area contributed by atoms with Crippen LogP contribution in [0.15, 0.2) is 59.6 Å². The number of hydrogen-bond acceptors (Lipinski definition) is 4. The number of carbonyl (C=O) groups excluding carboxylic acids is 3. The molecule has 0 unspecified atom stereocenters. The molecule has 1 atom stereocenters. The lowest BCUT2D eigenvalue weighted by Crippen LogP contribution is -2.43. The SMILES string of the molecule is C[C@H]1CCCCN1C(=O)Cn1cc(/C=C2\SC(=O)N(Cc3ccccc3F)C2=O)c2ccccc21. The van der Waals surface area contributed by atoms with Crippen LogP contribution in [-0.2, 0) is 22.7 Å². The molecule has 2 aromatic carbocycles. The van der Waals surface area contributed by atoms with Crippen molar-refractivity contribution < 1.29 is 18.8 Å². The molecular formula is C27H26FN3O3S. The molecule has 6 nitrogen and oxygen atoms in total. The standard InChI is InChI=1S/C27H26FN3O3S/c1-18-8-6-7-13-30(18)25(32)17-29-15-20(21-10-3-5-12-23(21)29)14-24-26(33)31(27(34)35-24)16-19-9-2-4-11-22(19)28/h2-5,9-12,14-15,18H,6-8,13,16-17H2,1H3/b24-14-/t18-/m0/s1. The van der Waals surface area contributed by atoms with Crippen molar-refractivity contribution in [2.24, 2.45) is 0 Å². The molecule has 8 heteroatoms. The zero-order valence-corrected chi connectivity index (χ0v) is 20.3. The van der Waals surface area contributed by atoms with E-state index in [9.17, 15) is 18.8 Å². The number of likely N-dealkylation sites (tertiary alicyclic amines) is 1. The van der Waals surface area contributed by atoms with Crippen molar-refractivity contribution in [1.29, 1.82) is 0 Å². The molecule has 0 saturated carbocycles. The topological polar surface area (TPSA) is 62.6 Å². The summed E-state index contributed by atoms with van der Waals surface area (Å²) in [4.78, 5) is 42.0. The third-order valence-electron chi connectivity index (χ3n) is 6.69. The van der Waals surface area contributed by atoms with E-state index in [0.717, 1.165) is 58.9 Å². The maximum atomic E-state index is 14.1. The van der Waals surface area contributed by atoms with E-state index in [1.807, 2.05) is 39.9 Å². The van der Waals surface area contributed by atoms with Crippen LogP contribution in [-0.4, -0.2) is 44.0 Å². The lowest BCUT2D eigenvalue weighted by molar-refractivity contribution is -0.135. The average Bonchev–Trinajstić information content (AvgIpc) is 3.32. The molecule has 3 aromatic rings. The van der Waals surface area contributed by atoms with Crippen LogP contribution in [0.3, 0.4) is 0 Å². The molecule has 2 saturated heterocycles. The molecule has 3 heterocycles. The summed E-state index contributed by atoms with van der Waals surface area (Å²) in [6.45, 7) is 2.97. The van der Waals surface area contributed by atoms with Gasteiger partial charge in [-0.3, -0.25) is 19.3 Å². The number of amides is 3. The van der Waals surface area contributed by atoms with Gasteiger partial charge in [-0.05, 0) is 56.2 Å². The van der Waals surface area contributed by atoms with Crippen LogP contribution in [0.4, 0.5) is 9.18 Å². The van der Waals surface area contributed by atoms with E-state index >= 15 is 0 Å². The highest BCUT2D eigenvalue weighted by atomic mass is 32.2. The summed E-state index contributed by atoms with van der Waals surface area (Å²) >= 11 is 0.848. The molecule has 0 aliphatic carbocycles. The largest absolute Gasteiger partial charge is 0.338 e. The number of nitrogens with zero attached hydrogens (tertiary/aromatic N) is 3. The number of halogens is 1. The molecule has 180 valence electrons. The number of para-hydroxylation sites is 1. The van der Waals surface area contributed by atoms with Gasteiger partial charge in [0.15, 0.2) is 0 Å². The Morgan fingerprint density at radius 3 is 2.69 bits per heavy atom.